The first-order chi connectivity index (χ1) is 9.94. The van der Waals surface area contributed by atoms with Crippen LogP contribution in [0.1, 0.15) is 25.8 Å². The molecule has 21 heavy (non-hydrogen) atoms. The summed E-state index contributed by atoms with van der Waals surface area (Å²) in [4.78, 5) is 11.8. The van der Waals surface area contributed by atoms with Crippen LogP contribution < -0.4 is 10.1 Å². The van der Waals surface area contributed by atoms with Gasteiger partial charge in [-0.15, -0.1) is 0 Å². The molecule has 1 aromatic rings. The number of hydrogen-bond acceptors (Lipinski definition) is 5. The van der Waals surface area contributed by atoms with Gasteiger partial charge in [-0.2, -0.15) is 0 Å². The molecule has 118 valence electrons. The zero-order valence-corrected chi connectivity index (χ0v) is 13.5. The van der Waals surface area contributed by atoms with Crippen molar-refractivity contribution in [2.45, 2.75) is 32.9 Å². The molecule has 0 heterocycles. The van der Waals surface area contributed by atoms with E-state index in [1.54, 1.807) is 6.07 Å². The number of methoxy groups -OCH3 is 2. The van der Waals surface area contributed by atoms with Crippen LogP contribution in [-0.2, 0) is 16.1 Å². The molecule has 0 aliphatic carbocycles. The van der Waals surface area contributed by atoms with Gasteiger partial charge >= 0.3 is 5.97 Å². The minimum atomic E-state index is -0.440. The lowest BCUT2D eigenvalue weighted by molar-refractivity contribution is -0.144. The lowest BCUT2D eigenvalue weighted by atomic mass is 9.99. The maximum atomic E-state index is 11.8. The van der Waals surface area contributed by atoms with Crippen molar-refractivity contribution in [3.63, 3.8) is 0 Å². The van der Waals surface area contributed by atoms with Crippen molar-refractivity contribution in [2.24, 2.45) is 5.92 Å². The summed E-state index contributed by atoms with van der Waals surface area (Å²) in [7, 11) is 2.82. The smallest absolute Gasteiger partial charge is 0.323 e. The Labute approximate surface area is 130 Å². The van der Waals surface area contributed by atoms with Crippen LogP contribution in [0.5, 0.6) is 11.5 Å². The van der Waals surface area contributed by atoms with Crippen LogP contribution in [0.25, 0.3) is 0 Å². The van der Waals surface area contributed by atoms with E-state index in [9.17, 15) is 9.90 Å². The van der Waals surface area contributed by atoms with Crippen molar-refractivity contribution in [1.29, 1.82) is 0 Å². The van der Waals surface area contributed by atoms with E-state index in [1.165, 1.54) is 20.3 Å². The topological polar surface area (TPSA) is 67.8 Å². The van der Waals surface area contributed by atoms with E-state index in [2.05, 4.69) is 5.32 Å². The Kier molecular flexibility index (Phi) is 6.78. The number of phenolic OH excluding ortho intramolecular Hbond substituents is 1. The quantitative estimate of drug-likeness (QED) is 0.757. The first-order valence-electron chi connectivity index (χ1n) is 6.81. The third kappa shape index (κ3) is 4.51. The van der Waals surface area contributed by atoms with E-state index in [1.807, 2.05) is 13.8 Å². The van der Waals surface area contributed by atoms with E-state index >= 15 is 0 Å². The highest BCUT2D eigenvalue weighted by Gasteiger charge is 2.24. The second-order valence-corrected chi connectivity index (χ2v) is 5.32. The molecule has 0 spiro atoms. The molecule has 0 amide bonds. The minimum Gasteiger partial charge on any atom is -0.504 e. The summed E-state index contributed by atoms with van der Waals surface area (Å²) in [6.45, 7) is 4.25. The van der Waals surface area contributed by atoms with Gasteiger partial charge < -0.3 is 14.6 Å². The Morgan fingerprint density at radius 3 is 2.62 bits per heavy atom. The molecule has 0 radical (unpaired) electrons. The molecular weight excluding hydrogens is 294 g/mol. The van der Waals surface area contributed by atoms with E-state index < -0.39 is 6.04 Å². The monoisotopic (exact) mass is 315 g/mol. The lowest BCUT2D eigenvalue weighted by Gasteiger charge is -2.22. The van der Waals surface area contributed by atoms with Gasteiger partial charge in [0.25, 0.3) is 0 Å². The summed E-state index contributed by atoms with van der Waals surface area (Å²) in [6.07, 6.45) is 0.831. The molecule has 0 fully saturated rings. The number of benzene rings is 1. The summed E-state index contributed by atoms with van der Waals surface area (Å²) in [5.41, 5.74) is 0.566. The number of esters is 1. The highest BCUT2D eigenvalue weighted by Crippen LogP contribution is 2.33. The third-order valence-corrected chi connectivity index (χ3v) is 3.74. The highest BCUT2D eigenvalue weighted by molar-refractivity contribution is 6.30. The molecule has 0 saturated heterocycles. The summed E-state index contributed by atoms with van der Waals surface area (Å²) in [5, 5.41) is 13.6. The maximum Gasteiger partial charge on any atom is 0.323 e. The molecular formula is C15H22ClNO4. The van der Waals surface area contributed by atoms with Crippen LogP contribution in [0.4, 0.5) is 0 Å². The average Bonchev–Trinajstić information content (AvgIpc) is 2.49. The van der Waals surface area contributed by atoms with Crippen LogP contribution in [0, 0.1) is 5.92 Å². The van der Waals surface area contributed by atoms with Crippen LogP contribution in [0.15, 0.2) is 12.1 Å². The summed E-state index contributed by atoms with van der Waals surface area (Å²) < 4.78 is 9.86. The fraction of sp³-hybridized carbons (Fsp3) is 0.533. The maximum absolute atomic E-state index is 11.8. The van der Waals surface area contributed by atoms with Gasteiger partial charge in [-0.1, -0.05) is 31.9 Å². The van der Waals surface area contributed by atoms with Crippen LogP contribution in [-0.4, -0.2) is 31.3 Å². The fourth-order valence-electron chi connectivity index (χ4n) is 2.02. The van der Waals surface area contributed by atoms with E-state index in [0.717, 1.165) is 6.42 Å². The number of nitrogens with one attached hydrogen (secondary N) is 1. The largest absolute Gasteiger partial charge is 0.504 e. The summed E-state index contributed by atoms with van der Waals surface area (Å²) in [6, 6.07) is 2.73. The first-order valence-corrected chi connectivity index (χ1v) is 7.18. The highest BCUT2D eigenvalue weighted by atomic mass is 35.5. The molecule has 1 rings (SSSR count). The lowest BCUT2D eigenvalue weighted by Crippen LogP contribution is -2.42. The summed E-state index contributed by atoms with van der Waals surface area (Å²) >= 11 is 5.99. The molecule has 2 N–H and O–H groups in total. The van der Waals surface area contributed by atoms with Crippen molar-refractivity contribution in [3.05, 3.63) is 22.7 Å². The molecule has 5 nitrogen and oxygen atoms in total. The number of aromatic hydroxyl groups is 1. The number of hydrogen-bond donors (Lipinski definition) is 2. The van der Waals surface area contributed by atoms with Crippen molar-refractivity contribution in [3.8, 4) is 11.5 Å². The SMILES string of the molecule is CCC(C)C(NCc1cc(Cl)cc(OC)c1O)C(=O)OC. The molecule has 0 aliphatic rings. The molecule has 0 bridgehead atoms. The average molecular weight is 316 g/mol. The van der Waals surface area contributed by atoms with Crippen molar-refractivity contribution in [1.82, 2.24) is 5.32 Å². The number of rotatable bonds is 7. The van der Waals surface area contributed by atoms with Crippen molar-refractivity contribution >= 4 is 17.6 Å². The van der Waals surface area contributed by atoms with Gasteiger partial charge in [-0.25, -0.2) is 0 Å². The van der Waals surface area contributed by atoms with Gasteiger partial charge in [0.05, 0.1) is 14.2 Å². The Balaban J connectivity index is 2.90. The number of ether oxygens (including phenoxy) is 2. The number of carbonyl (C=O) groups excluding carboxylic acids is 1. The molecule has 1 aromatic carbocycles. The van der Waals surface area contributed by atoms with Crippen LogP contribution >= 0.6 is 11.6 Å². The Morgan fingerprint density at radius 1 is 1.43 bits per heavy atom. The molecule has 2 unspecified atom stereocenters. The molecule has 2 atom stereocenters. The van der Waals surface area contributed by atoms with Crippen molar-refractivity contribution in [2.75, 3.05) is 14.2 Å². The number of phenols is 1. The predicted molar refractivity (Wildman–Crippen MR) is 81.8 cm³/mol. The van der Waals surface area contributed by atoms with Crippen LogP contribution in [0.2, 0.25) is 5.02 Å². The fourth-order valence-corrected chi connectivity index (χ4v) is 2.25. The van der Waals surface area contributed by atoms with Gasteiger partial charge in [-0.05, 0) is 12.0 Å². The van der Waals surface area contributed by atoms with Gasteiger partial charge in [-0.3, -0.25) is 10.1 Å². The molecule has 0 aliphatic heterocycles. The Bertz CT molecular complexity index is 493. The first kappa shape index (κ1) is 17.6. The van der Waals surface area contributed by atoms with E-state index in [0.29, 0.717) is 16.3 Å². The Morgan fingerprint density at radius 2 is 2.10 bits per heavy atom. The zero-order valence-electron chi connectivity index (χ0n) is 12.8. The van der Waals surface area contributed by atoms with Crippen molar-refractivity contribution < 1.29 is 19.4 Å². The number of carbonyl (C=O) groups is 1. The van der Waals surface area contributed by atoms with Gasteiger partial charge in [0, 0.05) is 23.2 Å². The third-order valence-electron chi connectivity index (χ3n) is 3.52. The zero-order chi connectivity index (χ0) is 16.0. The minimum absolute atomic E-state index is 0.0159. The summed E-state index contributed by atoms with van der Waals surface area (Å²) in [5.74, 6) is 0.109. The standard InChI is InChI=1S/C15H22ClNO4/c1-5-9(2)13(15(19)21-4)17-8-10-6-11(16)7-12(20-3)14(10)18/h6-7,9,13,17-18H,5,8H2,1-4H3. The predicted octanol–water partition coefficient (Wildman–Crippen LogP) is 2.73. The molecule has 0 saturated carbocycles. The number of halogens is 1. The molecule has 6 heteroatoms. The van der Waals surface area contributed by atoms with E-state index in [-0.39, 0.29) is 24.2 Å². The van der Waals surface area contributed by atoms with Gasteiger partial charge in [0.2, 0.25) is 0 Å². The second-order valence-electron chi connectivity index (χ2n) is 4.88. The van der Waals surface area contributed by atoms with Gasteiger partial charge in [0.15, 0.2) is 11.5 Å². The Hall–Kier alpha value is -1.46. The normalized spacial score (nSPS) is 13.6. The second kappa shape index (κ2) is 8.10. The molecule has 0 aromatic heterocycles. The van der Waals surface area contributed by atoms with Gasteiger partial charge in [0.1, 0.15) is 6.04 Å². The van der Waals surface area contributed by atoms with Crippen LogP contribution in [0.3, 0.4) is 0 Å². The van der Waals surface area contributed by atoms with E-state index in [4.69, 9.17) is 21.1 Å².